The van der Waals surface area contributed by atoms with Gasteiger partial charge in [0.15, 0.2) is 0 Å². The Bertz CT molecular complexity index is 152. The number of methoxy groups -OCH3 is 1. The van der Waals surface area contributed by atoms with Crippen LogP contribution in [-0.4, -0.2) is 46.3 Å². The van der Waals surface area contributed by atoms with E-state index in [1.165, 1.54) is 0 Å². The zero-order valence-electron chi connectivity index (χ0n) is 7.93. The van der Waals surface area contributed by atoms with E-state index >= 15 is 0 Å². The van der Waals surface area contributed by atoms with Crippen molar-refractivity contribution in [2.24, 2.45) is 5.92 Å². The molecule has 0 saturated carbocycles. The minimum absolute atomic E-state index is 0. The summed E-state index contributed by atoms with van der Waals surface area (Å²) >= 11 is 0. The summed E-state index contributed by atoms with van der Waals surface area (Å²) in [5, 5.41) is 4.22. The van der Waals surface area contributed by atoms with Gasteiger partial charge < -0.3 is 21.5 Å². The molecule has 1 heterocycles. The summed E-state index contributed by atoms with van der Waals surface area (Å²) in [6.07, 6.45) is -0.449. The summed E-state index contributed by atoms with van der Waals surface area (Å²) in [6, 6.07) is -0.421. The Kier molecular flexibility index (Phi) is 4.80. The quantitative estimate of drug-likeness (QED) is 0.548. The summed E-state index contributed by atoms with van der Waals surface area (Å²) in [6.45, 7) is 3.98. The van der Waals surface area contributed by atoms with Crippen molar-refractivity contribution in [3.8, 4) is 0 Å². The van der Waals surface area contributed by atoms with Crippen LogP contribution in [0.3, 0.4) is 0 Å². The maximum atomic E-state index is 6.57. The fourth-order valence-corrected chi connectivity index (χ4v) is 1.30. The van der Waals surface area contributed by atoms with Crippen molar-refractivity contribution >= 4 is 7.85 Å². The molecule has 5 heteroatoms. The van der Waals surface area contributed by atoms with Gasteiger partial charge in [0.05, 0.1) is 12.7 Å². The molecule has 1 rings (SSSR count). The van der Waals surface area contributed by atoms with Crippen molar-refractivity contribution in [2.45, 2.75) is 18.2 Å². The minimum atomic E-state index is -0.421. The van der Waals surface area contributed by atoms with Crippen molar-refractivity contribution in [3.63, 3.8) is 0 Å². The molecule has 0 spiro atoms. The third kappa shape index (κ3) is 2.32. The summed E-state index contributed by atoms with van der Waals surface area (Å²) in [5.41, 5.74) is 0. The second-order valence-corrected chi connectivity index (χ2v) is 2.67. The average Bonchev–Trinajstić information content (AvgIpc) is 2.29. The van der Waals surface area contributed by atoms with Crippen LogP contribution in [0.4, 0.5) is 0 Å². The zero-order valence-corrected chi connectivity index (χ0v) is 9.87. The molecule has 3 nitrogen and oxygen atoms in total. The van der Waals surface area contributed by atoms with E-state index < -0.39 is 6.00 Å². The molecule has 0 aromatic heterocycles. The van der Waals surface area contributed by atoms with Gasteiger partial charge in [-0.3, -0.25) is 0 Å². The molecule has 0 aromatic carbocycles. The van der Waals surface area contributed by atoms with E-state index in [-0.39, 0.29) is 45.8 Å². The fraction of sp³-hybridized carbons (Fsp3) is 0.857. The SMILES string of the molecule is [2H]OC[C@H]1O[C@@H]([B])C([CH2-])[C@H]1OC.[W]. The molecule has 4 atom stereocenters. The Morgan fingerprint density at radius 2 is 2.50 bits per heavy atom. The molecule has 0 aliphatic carbocycles. The first-order valence-electron chi connectivity index (χ1n) is 3.96. The summed E-state index contributed by atoms with van der Waals surface area (Å²) in [5.74, 6) is -0.102. The van der Waals surface area contributed by atoms with Crippen LogP contribution in [0.5, 0.6) is 0 Å². The third-order valence-electron chi connectivity index (χ3n) is 1.98. The van der Waals surface area contributed by atoms with Crippen LogP contribution in [0.25, 0.3) is 0 Å². The number of hydrogen-bond acceptors (Lipinski definition) is 3. The average molecular weight is 340 g/mol. The van der Waals surface area contributed by atoms with Gasteiger partial charge in [-0.2, -0.15) is 0 Å². The van der Waals surface area contributed by atoms with Crippen LogP contribution in [0.15, 0.2) is 0 Å². The molecule has 0 amide bonds. The molecule has 1 fully saturated rings. The van der Waals surface area contributed by atoms with Crippen molar-refractivity contribution < 1.29 is 35.6 Å². The van der Waals surface area contributed by atoms with Crippen LogP contribution in [0.1, 0.15) is 0 Å². The topological polar surface area (TPSA) is 38.7 Å². The molecule has 1 N–H and O–H groups in total. The molecule has 1 aliphatic heterocycles. The van der Waals surface area contributed by atoms with Gasteiger partial charge in [-0.15, -0.1) is 5.92 Å². The maximum absolute atomic E-state index is 6.57. The van der Waals surface area contributed by atoms with Gasteiger partial charge in [0.2, 0.25) is 1.43 Å². The predicted molar refractivity (Wildman–Crippen MR) is 41.1 cm³/mol. The molecule has 0 aromatic rings. The number of aliphatic hydroxyl groups is 1. The molecule has 0 bridgehead atoms. The van der Waals surface area contributed by atoms with Crippen molar-refractivity contribution in [2.75, 3.05) is 13.7 Å². The standard InChI is InChI=1S/C7H12BO3.W/c1-4-6(10-2)5(3-9)11-7(4)8;/h4-7,9H,1,3H2,2H3;/q-1;/t4?,5-,6-,7-;/m1./s1/i9D;. The molecule has 12 heavy (non-hydrogen) atoms. The largest absolute Gasteiger partial charge is 0.394 e. The van der Waals surface area contributed by atoms with Crippen LogP contribution in [0.2, 0.25) is 0 Å². The first-order chi connectivity index (χ1) is 5.70. The summed E-state index contributed by atoms with van der Waals surface area (Å²) in [7, 11) is 7.15. The Hall–Kier alpha value is 0.633. The number of ether oxygens (including phenoxy) is 2. The molecule has 1 aliphatic rings. The Morgan fingerprint density at radius 1 is 1.83 bits per heavy atom. The summed E-state index contributed by atoms with van der Waals surface area (Å²) < 4.78 is 17.0. The summed E-state index contributed by atoms with van der Waals surface area (Å²) in [4.78, 5) is 0. The van der Waals surface area contributed by atoms with Gasteiger partial charge in [0.1, 0.15) is 14.0 Å². The number of aliphatic hydroxyl groups excluding tert-OH is 1. The normalized spacial score (nSPS) is 42.0. The fourth-order valence-electron chi connectivity index (χ4n) is 1.30. The third-order valence-corrected chi connectivity index (χ3v) is 1.98. The van der Waals surface area contributed by atoms with Gasteiger partial charge in [0.25, 0.3) is 0 Å². The Morgan fingerprint density at radius 3 is 3.00 bits per heavy atom. The molecular formula is C7H12BO3W-. The Labute approximate surface area is 90.0 Å². The molecule has 2 radical (unpaired) electrons. The van der Waals surface area contributed by atoms with Gasteiger partial charge in [-0.05, 0) is 6.00 Å². The van der Waals surface area contributed by atoms with Crippen LogP contribution in [-0.2, 0) is 30.5 Å². The number of hydrogen-bond donors (Lipinski definition) is 1. The van der Waals surface area contributed by atoms with Crippen LogP contribution >= 0.6 is 0 Å². The van der Waals surface area contributed by atoms with E-state index in [2.05, 4.69) is 12.0 Å². The monoisotopic (exact) mass is 340 g/mol. The molecule has 1 unspecified atom stereocenters. The number of rotatable bonds is 3. The van der Waals surface area contributed by atoms with E-state index in [0.29, 0.717) is 0 Å². The zero-order chi connectivity index (χ0) is 9.14. The predicted octanol–water partition coefficient (Wildman–Crippen LogP) is -0.665. The van der Waals surface area contributed by atoms with Gasteiger partial charge in [0, 0.05) is 28.2 Å². The minimum Gasteiger partial charge on any atom is -0.394 e. The van der Waals surface area contributed by atoms with E-state index in [4.69, 9.17) is 18.8 Å². The van der Waals surface area contributed by atoms with Crippen molar-refractivity contribution in [1.29, 1.82) is 1.43 Å². The van der Waals surface area contributed by atoms with E-state index in [0.717, 1.165) is 0 Å². The van der Waals surface area contributed by atoms with E-state index in [9.17, 15) is 0 Å². The van der Waals surface area contributed by atoms with E-state index in [1.54, 1.807) is 7.11 Å². The van der Waals surface area contributed by atoms with Gasteiger partial charge >= 0.3 is 0 Å². The van der Waals surface area contributed by atoms with E-state index in [1.807, 2.05) is 0 Å². The smallest absolute Gasteiger partial charge is 0.210 e. The molecule has 68 valence electrons. The van der Waals surface area contributed by atoms with Gasteiger partial charge in [-0.25, -0.2) is 0 Å². The van der Waals surface area contributed by atoms with Gasteiger partial charge in [-0.1, -0.05) is 0 Å². The Balaban J connectivity index is 0.00000144. The first kappa shape index (κ1) is 10.7. The second-order valence-electron chi connectivity index (χ2n) is 2.67. The molecular weight excluding hydrogens is 327 g/mol. The van der Waals surface area contributed by atoms with Crippen molar-refractivity contribution in [1.82, 2.24) is 0 Å². The maximum Gasteiger partial charge on any atom is 0.210 e. The van der Waals surface area contributed by atoms with Crippen LogP contribution < -0.4 is 0 Å². The van der Waals surface area contributed by atoms with Crippen LogP contribution in [0, 0.1) is 12.8 Å². The second kappa shape index (κ2) is 5.38. The van der Waals surface area contributed by atoms with Crippen molar-refractivity contribution in [3.05, 3.63) is 6.92 Å². The molecule has 1 saturated heterocycles. The first-order valence-corrected chi connectivity index (χ1v) is 3.55.